The van der Waals surface area contributed by atoms with Crippen LogP contribution in [-0.2, 0) is 9.59 Å². The van der Waals surface area contributed by atoms with Gasteiger partial charge in [-0.2, -0.15) is 11.8 Å². The van der Waals surface area contributed by atoms with E-state index in [1.807, 2.05) is 6.26 Å². The second-order valence-electron chi connectivity index (χ2n) is 3.77. The third kappa shape index (κ3) is 3.41. The van der Waals surface area contributed by atoms with Crippen molar-refractivity contribution in [2.45, 2.75) is 19.3 Å². The lowest BCUT2D eigenvalue weighted by atomic mass is 9.95. The lowest BCUT2D eigenvalue weighted by molar-refractivity contribution is -0.146. The van der Waals surface area contributed by atoms with Crippen LogP contribution < -0.4 is 5.32 Å². The van der Waals surface area contributed by atoms with E-state index in [-0.39, 0.29) is 11.8 Å². The molecule has 0 radical (unpaired) electrons. The summed E-state index contributed by atoms with van der Waals surface area (Å²) in [6, 6.07) is 0. The van der Waals surface area contributed by atoms with Gasteiger partial charge in [-0.25, -0.2) is 0 Å². The minimum absolute atomic E-state index is 0.0889. The Kier molecular flexibility index (Phi) is 4.94. The molecule has 0 aromatic heterocycles. The number of hydrogen-bond acceptors (Lipinski definition) is 3. The summed E-state index contributed by atoms with van der Waals surface area (Å²) in [6.07, 6.45) is 4.16. The predicted molar refractivity (Wildman–Crippen MR) is 59.9 cm³/mol. The second-order valence-corrected chi connectivity index (χ2v) is 4.75. The molecule has 1 aliphatic rings. The van der Waals surface area contributed by atoms with Crippen LogP contribution in [0.3, 0.4) is 0 Å². The Bertz CT molecular complexity index is 245. The molecule has 4 nitrogen and oxygen atoms in total. The van der Waals surface area contributed by atoms with Crippen LogP contribution in [0.1, 0.15) is 19.3 Å². The van der Waals surface area contributed by atoms with E-state index in [0.717, 1.165) is 12.2 Å². The van der Waals surface area contributed by atoms with Gasteiger partial charge in [0.2, 0.25) is 5.91 Å². The molecule has 0 aromatic carbocycles. The number of nitrogens with one attached hydrogen (secondary N) is 1. The fourth-order valence-corrected chi connectivity index (χ4v) is 2.28. The maximum Gasteiger partial charge on any atom is 0.307 e. The number of carboxylic acids is 1. The number of rotatable bonds is 5. The molecule has 2 N–H and O–H groups in total. The Morgan fingerprint density at radius 2 is 2.07 bits per heavy atom. The topological polar surface area (TPSA) is 66.4 Å². The van der Waals surface area contributed by atoms with Crippen molar-refractivity contribution in [2.75, 3.05) is 18.6 Å². The SMILES string of the molecule is CSCCNC(=O)C1CCCC1C(=O)O. The van der Waals surface area contributed by atoms with Crippen molar-refractivity contribution in [2.24, 2.45) is 11.8 Å². The van der Waals surface area contributed by atoms with Crippen molar-refractivity contribution in [1.82, 2.24) is 5.32 Å². The first-order valence-electron chi connectivity index (χ1n) is 5.16. The molecule has 0 aromatic rings. The highest BCUT2D eigenvalue weighted by Crippen LogP contribution is 2.31. The van der Waals surface area contributed by atoms with E-state index in [4.69, 9.17) is 5.11 Å². The van der Waals surface area contributed by atoms with Crippen molar-refractivity contribution in [3.63, 3.8) is 0 Å². The first-order chi connectivity index (χ1) is 7.16. The van der Waals surface area contributed by atoms with Crippen LogP contribution in [0.5, 0.6) is 0 Å². The molecule has 0 heterocycles. The summed E-state index contributed by atoms with van der Waals surface area (Å²) in [5.41, 5.74) is 0. The predicted octanol–water partition coefficient (Wildman–Crippen LogP) is 0.967. The zero-order chi connectivity index (χ0) is 11.3. The Morgan fingerprint density at radius 1 is 1.40 bits per heavy atom. The maximum atomic E-state index is 11.7. The van der Waals surface area contributed by atoms with Gasteiger partial charge in [0, 0.05) is 12.3 Å². The third-order valence-electron chi connectivity index (χ3n) is 2.78. The van der Waals surface area contributed by atoms with Crippen molar-refractivity contribution in [3.05, 3.63) is 0 Å². The van der Waals surface area contributed by atoms with E-state index in [1.165, 1.54) is 0 Å². The van der Waals surface area contributed by atoms with E-state index in [2.05, 4.69) is 5.32 Å². The Labute approximate surface area is 93.8 Å². The highest BCUT2D eigenvalue weighted by Gasteiger charge is 2.37. The highest BCUT2D eigenvalue weighted by atomic mass is 32.2. The summed E-state index contributed by atoms with van der Waals surface area (Å²) in [7, 11) is 0. The molecule has 1 fully saturated rings. The summed E-state index contributed by atoms with van der Waals surface area (Å²) in [5.74, 6) is -0.842. The van der Waals surface area contributed by atoms with Crippen LogP contribution in [0, 0.1) is 11.8 Å². The van der Waals surface area contributed by atoms with Gasteiger partial charge in [-0.3, -0.25) is 9.59 Å². The van der Waals surface area contributed by atoms with E-state index in [9.17, 15) is 9.59 Å². The molecular formula is C10H17NO3S. The quantitative estimate of drug-likeness (QED) is 0.692. The summed E-state index contributed by atoms with van der Waals surface area (Å²) in [6.45, 7) is 0.628. The molecule has 15 heavy (non-hydrogen) atoms. The molecule has 1 rings (SSSR count). The number of thioether (sulfide) groups is 1. The zero-order valence-corrected chi connectivity index (χ0v) is 9.68. The normalized spacial score (nSPS) is 25.1. The number of hydrogen-bond donors (Lipinski definition) is 2. The van der Waals surface area contributed by atoms with Gasteiger partial charge in [0.1, 0.15) is 0 Å². The van der Waals surface area contributed by atoms with Gasteiger partial charge in [0.25, 0.3) is 0 Å². The first-order valence-corrected chi connectivity index (χ1v) is 6.55. The third-order valence-corrected chi connectivity index (χ3v) is 3.39. The molecule has 1 aliphatic carbocycles. The Hall–Kier alpha value is -0.710. The smallest absolute Gasteiger partial charge is 0.307 e. The molecule has 86 valence electrons. The van der Waals surface area contributed by atoms with Crippen LogP contribution in [0.2, 0.25) is 0 Å². The monoisotopic (exact) mass is 231 g/mol. The standard InChI is InChI=1S/C10H17NO3S/c1-15-6-5-11-9(12)7-3-2-4-8(7)10(13)14/h7-8H,2-6H2,1H3,(H,11,12)(H,13,14). The second kappa shape index (κ2) is 6.00. The van der Waals surface area contributed by atoms with Crippen molar-refractivity contribution in [1.29, 1.82) is 0 Å². The summed E-state index contributed by atoms with van der Waals surface area (Å²) in [5, 5.41) is 11.7. The molecule has 1 amide bonds. The number of aliphatic carboxylic acids is 1. The van der Waals surface area contributed by atoms with E-state index in [1.54, 1.807) is 11.8 Å². The van der Waals surface area contributed by atoms with Gasteiger partial charge in [-0.1, -0.05) is 6.42 Å². The molecule has 5 heteroatoms. The summed E-state index contributed by atoms with van der Waals surface area (Å²) in [4.78, 5) is 22.5. The number of carbonyl (C=O) groups excluding carboxylic acids is 1. The van der Waals surface area contributed by atoms with Gasteiger partial charge in [-0.15, -0.1) is 0 Å². The largest absolute Gasteiger partial charge is 0.481 e. The lowest BCUT2D eigenvalue weighted by Crippen LogP contribution is -2.36. The molecule has 0 spiro atoms. The first kappa shape index (κ1) is 12.4. The van der Waals surface area contributed by atoms with Crippen LogP contribution in [0.25, 0.3) is 0 Å². The molecule has 0 saturated heterocycles. The van der Waals surface area contributed by atoms with Gasteiger partial charge in [-0.05, 0) is 19.1 Å². The fourth-order valence-electron chi connectivity index (χ4n) is 1.98. The van der Waals surface area contributed by atoms with Crippen LogP contribution in [-0.4, -0.2) is 35.5 Å². The summed E-state index contributed by atoms with van der Waals surface area (Å²) >= 11 is 1.66. The van der Waals surface area contributed by atoms with Gasteiger partial charge in [0.15, 0.2) is 0 Å². The van der Waals surface area contributed by atoms with Crippen molar-refractivity contribution < 1.29 is 14.7 Å². The molecule has 2 atom stereocenters. The molecule has 0 aliphatic heterocycles. The Morgan fingerprint density at radius 3 is 2.67 bits per heavy atom. The van der Waals surface area contributed by atoms with Crippen molar-refractivity contribution >= 4 is 23.6 Å². The zero-order valence-electron chi connectivity index (χ0n) is 8.86. The fraction of sp³-hybridized carbons (Fsp3) is 0.800. The van der Waals surface area contributed by atoms with Gasteiger partial charge >= 0.3 is 5.97 Å². The van der Waals surface area contributed by atoms with Crippen LogP contribution in [0.4, 0.5) is 0 Å². The summed E-state index contributed by atoms with van der Waals surface area (Å²) < 4.78 is 0. The molecule has 0 bridgehead atoms. The average Bonchev–Trinajstić information content (AvgIpc) is 2.66. The average molecular weight is 231 g/mol. The van der Waals surface area contributed by atoms with Gasteiger partial charge < -0.3 is 10.4 Å². The highest BCUT2D eigenvalue weighted by molar-refractivity contribution is 7.98. The number of carboxylic acid groups (broad SMARTS) is 1. The molecule has 2 unspecified atom stereocenters. The maximum absolute atomic E-state index is 11.7. The van der Waals surface area contributed by atoms with E-state index >= 15 is 0 Å². The minimum Gasteiger partial charge on any atom is -0.481 e. The van der Waals surface area contributed by atoms with Gasteiger partial charge in [0.05, 0.1) is 11.8 Å². The van der Waals surface area contributed by atoms with E-state index < -0.39 is 11.9 Å². The Balaban J connectivity index is 2.40. The number of amides is 1. The van der Waals surface area contributed by atoms with Crippen molar-refractivity contribution in [3.8, 4) is 0 Å². The van der Waals surface area contributed by atoms with Crippen LogP contribution >= 0.6 is 11.8 Å². The number of carbonyl (C=O) groups is 2. The molecule has 1 saturated carbocycles. The van der Waals surface area contributed by atoms with E-state index in [0.29, 0.717) is 19.4 Å². The lowest BCUT2D eigenvalue weighted by Gasteiger charge is -2.15. The minimum atomic E-state index is -0.836. The van der Waals surface area contributed by atoms with Crippen LogP contribution in [0.15, 0.2) is 0 Å². The molecular weight excluding hydrogens is 214 g/mol.